The Bertz CT molecular complexity index is 250. The summed E-state index contributed by atoms with van der Waals surface area (Å²) in [5.74, 6) is -1.42. The van der Waals surface area contributed by atoms with Crippen LogP contribution in [0.2, 0.25) is 0 Å². The van der Waals surface area contributed by atoms with E-state index in [0.29, 0.717) is 18.3 Å². The summed E-state index contributed by atoms with van der Waals surface area (Å²) in [7, 11) is 0. The number of alkyl halides is 1. The van der Waals surface area contributed by atoms with E-state index in [1.807, 2.05) is 0 Å². The molecule has 0 bridgehead atoms. The standard InChI is InChI=1S/C9H14BrNO3.Na/c1-6(5-10)8(12)11-4-2-3-7(11)9(13)14;/h6-7H,2-5H2,1H3,(H,13,14);/q;+1/p-1. The van der Waals surface area contributed by atoms with Gasteiger partial charge in [-0.2, -0.15) is 0 Å². The summed E-state index contributed by atoms with van der Waals surface area (Å²) in [5.41, 5.74) is 0. The molecule has 80 valence electrons. The second kappa shape index (κ2) is 6.89. The van der Waals surface area contributed by atoms with E-state index >= 15 is 0 Å². The molecular weight excluding hydrogens is 273 g/mol. The zero-order valence-electron chi connectivity index (χ0n) is 9.03. The number of carbonyl (C=O) groups is 2. The largest absolute Gasteiger partial charge is 1.00 e. The van der Waals surface area contributed by atoms with Crippen LogP contribution in [-0.4, -0.2) is 34.7 Å². The first kappa shape index (κ1) is 15.4. The van der Waals surface area contributed by atoms with Crippen LogP contribution in [0.3, 0.4) is 0 Å². The van der Waals surface area contributed by atoms with Gasteiger partial charge in [0.2, 0.25) is 5.91 Å². The van der Waals surface area contributed by atoms with Gasteiger partial charge in [-0.25, -0.2) is 0 Å². The molecule has 1 amide bonds. The van der Waals surface area contributed by atoms with E-state index in [9.17, 15) is 14.7 Å². The number of aliphatic carboxylic acids is 1. The first-order chi connectivity index (χ1) is 6.57. The molecule has 15 heavy (non-hydrogen) atoms. The molecular formula is C9H13BrNNaO3. The van der Waals surface area contributed by atoms with Crippen LogP contribution >= 0.6 is 15.9 Å². The van der Waals surface area contributed by atoms with Crippen LogP contribution in [0.5, 0.6) is 0 Å². The van der Waals surface area contributed by atoms with Gasteiger partial charge in [-0.1, -0.05) is 22.9 Å². The van der Waals surface area contributed by atoms with Crippen molar-refractivity contribution in [1.29, 1.82) is 0 Å². The van der Waals surface area contributed by atoms with Gasteiger partial charge in [-0.15, -0.1) is 0 Å². The first-order valence-corrected chi connectivity index (χ1v) is 5.77. The van der Waals surface area contributed by atoms with Crippen LogP contribution in [0.15, 0.2) is 0 Å². The van der Waals surface area contributed by atoms with Crippen LogP contribution in [-0.2, 0) is 9.59 Å². The Kier molecular flexibility index (Phi) is 7.08. The Morgan fingerprint density at radius 1 is 1.60 bits per heavy atom. The summed E-state index contributed by atoms with van der Waals surface area (Å²) in [5, 5.41) is 11.3. The maximum absolute atomic E-state index is 11.7. The van der Waals surface area contributed by atoms with E-state index in [0.717, 1.165) is 6.42 Å². The monoisotopic (exact) mass is 285 g/mol. The number of nitrogens with zero attached hydrogens (tertiary/aromatic N) is 1. The van der Waals surface area contributed by atoms with Gasteiger partial charge in [-0.05, 0) is 12.8 Å². The first-order valence-electron chi connectivity index (χ1n) is 4.65. The zero-order valence-corrected chi connectivity index (χ0v) is 12.6. The van der Waals surface area contributed by atoms with E-state index < -0.39 is 12.0 Å². The summed E-state index contributed by atoms with van der Waals surface area (Å²) >= 11 is 3.21. The number of likely N-dealkylation sites (tertiary alicyclic amines) is 1. The number of halogens is 1. The molecule has 0 aromatic heterocycles. The molecule has 1 rings (SSSR count). The smallest absolute Gasteiger partial charge is 0.548 e. The maximum Gasteiger partial charge on any atom is 1.00 e. The second-order valence-electron chi connectivity index (χ2n) is 3.56. The summed E-state index contributed by atoms with van der Waals surface area (Å²) in [6.07, 6.45) is 1.27. The van der Waals surface area contributed by atoms with Gasteiger partial charge >= 0.3 is 29.6 Å². The zero-order chi connectivity index (χ0) is 10.7. The van der Waals surface area contributed by atoms with Crippen molar-refractivity contribution in [3.63, 3.8) is 0 Å². The number of hydrogen-bond acceptors (Lipinski definition) is 3. The average molecular weight is 286 g/mol. The number of amides is 1. The summed E-state index contributed by atoms with van der Waals surface area (Å²) in [4.78, 5) is 23.8. The van der Waals surface area contributed by atoms with Crippen LogP contribution in [0.25, 0.3) is 0 Å². The van der Waals surface area contributed by atoms with Crippen molar-refractivity contribution < 1.29 is 44.3 Å². The van der Waals surface area contributed by atoms with Gasteiger partial charge in [0, 0.05) is 17.8 Å². The van der Waals surface area contributed by atoms with E-state index in [1.165, 1.54) is 4.90 Å². The van der Waals surface area contributed by atoms with Gasteiger partial charge in [0.05, 0.1) is 12.0 Å². The van der Waals surface area contributed by atoms with E-state index in [1.54, 1.807) is 6.92 Å². The third-order valence-corrected chi connectivity index (χ3v) is 3.43. The Morgan fingerprint density at radius 3 is 2.67 bits per heavy atom. The van der Waals surface area contributed by atoms with Crippen molar-refractivity contribution >= 4 is 27.8 Å². The fraction of sp³-hybridized carbons (Fsp3) is 0.778. The van der Waals surface area contributed by atoms with Gasteiger partial charge < -0.3 is 14.8 Å². The predicted molar refractivity (Wildman–Crippen MR) is 52.7 cm³/mol. The topological polar surface area (TPSA) is 60.4 Å². The summed E-state index contributed by atoms with van der Waals surface area (Å²) in [6, 6.07) is -0.719. The molecule has 1 heterocycles. The number of carboxylic acids is 1. The fourth-order valence-electron chi connectivity index (χ4n) is 1.62. The molecule has 1 fully saturated rings. The molecule has 2 unspecified atom stereocenters. The summed E-state index contributed by atoms with van der Waals surface area (Å²) < 4.78 is 0. The molecule has 0 saturated carbocycles. The summed E-state index contributed by atoms with van der Waals surface area (Å²) in [6.45, 7) is 2.32. The van der Waals surface area contributed by atoms with E-state index in [2.05, 4.69) is 15.9 Å². The van der Waals surface area contributed by atoms with Crippen molar-refractivity contribution in [3.05, 3.63) is 0 Å². The second-order valence-corrected chi connectivity index (χ2v) is 4.21. The minimum Gasteiger partial charge on any atom is -0.548 e. The molecule has 1 aliphatic heterocycles. The Morgan fingerprint density at radius 2 is 2.20 bits per heavy atom. The third kappa shape index (κ3) is 3.73. The van der Waals surface area contributed by atoms with E-state index in [-0.39, 0.29) is 41.4 Å². The van der Waals surface area contributed by atoms with Gasteiger partial charge in [0.25, 0.3) is 0 Å². The predicted octanol–water partition coefficient (Wildman–Crippen LogP) is -3.24. The molecule has 0 aliphatic carbocycles. The molecule has 6 heteroatoms. The quantitative estimate of drug-likeness (QED) is 0.405. The van der Waals surface area contributed by atoms with Crippen molar-refractivity contribution in [1.82, 2.24) is 4.90 Å². The Hall–Kier alpha value is 0.420. The van der Waals surface area contributed by atoms with Crippen LogP contribution in [0.1, 0.15) is 19.8 Å². The molecule has 2 atom stereocenters. The van der Waals surface area contributed by atoms with Crippen LogP contribution < -0.4 is 34.7 Å². The van der Waals surface area contributed by atoms with Gasteiger partial charge in [0.1, 0.15) is 0 Å². The van der Waals surface area contributed by atoms with Gasteiger partial charge in [0.15, 0.2) is 0 Å². The molecule has 0 aromatic rings. The molecule has 0 spiro atoms. The number of carbonyl (C=O) groups excluding carboxylic acids is 2. The molecule has 0 radical (unpaired) electrons. The maximum atomic E-state index is 11.7. The van der Waals surface area contributed by atoms with Crippen molar-refractivity contribution in [2.75, 3.05) is 11.9 Å². The molecule has 0 aromatic carbocycles. The normalized spacial score (nSPS) is 22.0. The van der Waals surface area contributed by atoms with Crippen molar-refractivity contribution in [2.24, 2.45) is 5.92 Å². The molecule has 1 saturated heterocycles. The minimum absolute atomic E-state index is 0. The fourth-order valence-corrected chi connectivity index (χ4v) is 1.90. The van der Waals surface area contributed by atoms with Crippen molar-refractivity contribution in [2.45, 2.75) is 25.8 Å². The third-order valence-electron chi connectivity index (χ3n) is 2.46. The minimum atomic E-state index is -1.14. The molecule has 4 nitrogen and oxygen atoms in total. The number of carboxylic acid groups (broad SMARTS) is 1. The van der Waals surface area contributed by atoms with Crippen molar-refractivity contribution in [3.8, 4) is 0 Å². The Labute approximate surface area is 120 Å². The Balaban J connectivity index is 0.00000196. The van der Waals surface area contributed by atoms with Crippen LogP contribution in [0, 0.1) is 5.92 Å². The average Bonchev–Trinajstić information content (AvgIpc) is 2.63. The SMILES string of the molecule is CC(CBr)C(=O)N1CCCC1C(=O)[O-].[Na+]. The van der Waals surface area contributed by atoms with E-state index in [4.69, 9.17) is 0 Å². The molecule has 0 N–H and O–H groups in total. The van der Waals surface area contributed by atoms with Gasteiger partial charge in [-0.3, -0.25) is 4.79 Å². The van der Waals surface area contributed by atoms with Crippen LogP contribution in [0.4, 0.5) is 0 Å². The number of hydrogen-bond donors (Lipinski definition) is 0. The molecule has 1 aliphatic rings. The number of rotatable bonds is 3.